The van der Waals surface area contributed by atoms with Crippen LogP contribution in [0.3, 0.4) is 0 Å². The van der Waals surface area contributed by atoms with Crippen LogP contribution in [-0.4, -0.2) is 48.2 Å². The molecule has 18 heavy (non-hydrogen) atoms. The molecule has 2 fully saturated rings. The van der Waals surface area contributed by atoms with E-state index in [0.29, 0.717) is 13.1 Å². The number of carbonyl (C=O) groups is 1. The Bertz CT molecular complexity index is 292. The molecule has 1 atom stereocenters. The van der Waals surface area contributed by atoms with Gasteiger partial charge in [-0.1, -0.05) is 6.92 Å². The second-order valence-corrected chi connectivity index (χ2v) is 6.30. The monoisotopic (exact) mass is 254 g/mol. The number of hydrogen-bond donors (Lipinski definition) is 2. The average molecular weight is 254 g/mol. The Morgan fingerprint density at radius 3 is 2.61 bits per heavy atom. The maximum atomic E-state index is 12.3. The third-order valence-electron chi connectivity index (χ3n) is 4.49. The highest BCUT2D eigenvalue weighted by Crippen LogP contribution is 2.29. The van der Waals surface area contributed by atoms with Crippen molar-refractivity contribution in [2.75, 3.05) is 26.7 Å². The van der Waals surface area contributed by atoms with Crippen LogP contribution < -0.4 is 5.32 Å². The van der Waals surface area contributed by atoms with E-state index in [4.69, 9.17) is 0 Å². The van der Waals surface area contributed by atoms with Gasteiger partial charge in [-0.3, -0.25) is 4.79 Å². The summed E-state index contributed by atoms with van der Waals surface area (Å²) in [6.45, 7) is 4.17. The summed E-state index contributed by atoms with van der Waals surface area (Å²) in [5.41, 5.74) is -0.716. The molecule has 1 aliphatic heterocycles. The lowest BCUT2D eigenvalue weighted by Gasteiger charge is -2.33. The summed E-state index contributed by atoms with van der Waals surface area (Å²) in [7, 11) is 1.83. The van der Waals surface area contributed by atoms with Crippen LogP contribution in [0.2, 0.25) is 0 Å². The molecule has 2 rings (SSSR count). The Hall–Kier alpha value is -0.610. The minimum atomic E-state index is -0.716. The number of hydrogen-bond acceptors (Lipinski definition) is 3. The van der Waals surface area contributed by atoms with Crippen LogP contribution in [0.4, 0.5) is 0 Å². The predicted octanol–water partition coefficient (Wildman–Crippen LogP) is 0.995. The normalized spacial score (nSPS) is 36.6. The van der Waals surface area contributed by atoms with Gasteiger partial charge in [-0.25, -0.2) is 0 Å². The van der Waals surface area contributed by atoms with Crippen molar-refractivity contribution in [3.05, 3.63) is 0 Å². The maximum absolute atomic E-state index is 12.3. The zero-order valence-electron chi connectivity index (χ0n) is 11.6. The van der Waals surface area contributed by atoms with Gasteiger partial charge in [0.25, 0.3) is 0 Å². The molecule has 1 unspecified atom stereocenters. The molecule has 2 aliphatic rings. The number of aliphatic hydroxyl groups is 1. The lowest BCUT2D eigenvalue weighted by Crippen LogP contribution is -2.47. The number of nitrogens with one attached hydrogen (secondary N) is 1. The van der Waals surface area contributed by atoms with Crippen LogP contribution in [-0.2, 0) is 4.79 Å². The van der Waals surface area contributed by atoms with Gasteiger partial charge in [0.1, 0.15) is 0 Å². The van der Waals surface area contributed by atoms with Crippen molar-refractivity contribution in [1.82, 2.24) is 10.2 Å². The standard InChI is InChI=1S/C14H26N2O2/c1-11-3-5-12(6-4-11)13(17)16(2)10-14(18)7-8-15-9-14/h11-12,15,18H,3-10H2,1-2H3. The number of amides is 1. The Balaban J connectivity index is 1.84. The molecule has 0 aromatic heterocycles. The first kappa shape index (κ1) is 13.8. The van der Waals surface area contributed by atoms with Crippen molar-refractivity contribution in [3.8, 4) is 0 Å². The molecule has 0 spiro atoms. The van der Waals surface area contributed by atoms with Gasteiger partial charge in [-0.2, -0.15) is 0 Å². The molecule has 1 aliphatic carbocycles. The molecular weight excluding hydrogens is 228 g/mol. The highest BCUT2D eigenvalue weighted by Gasteiger charge is 2.35. The molecule has 2 N–H and O–H groups in total. The molecule has 104 valence electrons. The van der Waals surface area contributed by atoms with Gasteiger partial charge in [-0.15, -0.1) is 0 Å². The van der Waals surface area contributed by atoms with Crippen molar-refractivity contribution in [2.24, 2.45) is 11.8 Å². The number of β-amino-alcohol motifs (C(OH)–C–C–N with tert-alkyl or cyclic N) is 1. The maximum Gasteiger partial charge on any atom is 0.225 e. The van der Waals surface area contributed by atoms with E-state index in [1.807, 2.05) is 7.05 Å². The summed E-state index contributed by atoms with van der Waals surface area (Å²) in [5, 5.41) is 13.4. The van der Waals surface area contributed by atoms with Crippen molar-refractivity contribution in [2.45, 2.75) is 44.6 Å². The molecule has 1 saturated heterocycles. The molecule has 1 saturated carbocycles. The Labute approximate surface area is 110 Å². The Morgan fingerprint density at radius 2 is 2.06 bits per heavy atom. The summed E-state index contributed by atoms with van der Waals surface area (Å²) in [5.74, 6) is 1.17. The van der Waals surface area contributed by atoms with Gasteiger partial charge in [0.05, 0.1) is 12.1 Å². The largest absolute Gasteiger partial charge is 0.387 e. The van der Waals surface area contributed by atoms with Crippen LogP contribution in [0.5, 0.6) is 0 Å². The number of likely N-dealkylation sites (N-methyl/N-ethyl adjacent to an activating group) is 1. The average Bonchev–Trinajstić information content (AvgIpc) is 2.76. The highest BCUT2D eigenvalue weighted by molar-refractivity contribution is 5.78. The second-order valence-electron chi connectivity index (χ2n) is 6.30. The molecule has 4 nitrogen and oxygen atoms in total. The van der Waals surface area contributed by atoms with E-state index >= 15 is 0 Å². The first-order valence-corrected chi connectivity index (χ1v) is 7.18. The Kier molecular flexibility index (Phi) is 4.28. The molecule has 0 aromatic rings. The van der Waals surface area contributed by atoms with Gasteiger partial charge < -0.3 is 15.3 Å². The molecule has 1 heterocycles. The van der Waals surface area contributed by atoms with Crippen molar-refractivity contribution in [3.63, 3.8) is 0 Å². The fourth-order valence-electron chi connectivity index (χ4n) is 3.20. The van der Waals surface area contributed by atoms with E-state index in [1.165, 1.54) is 0 Å². The molecule has 1 amide bonds. The van der Waals surface area contributed by atoms with Crippen molar-refractivity contribution in [1.29, 1.82) is 0 Å². The van der Waals surface area contributed by atoms with Gasteiger partial charge >= 0.3 is 0 Å². The quantitative estimate of drug-likeness (QED) is 0.790. The first-order chi connectivity index (χ1) is 8.50. The van der Waals surface area contributed by atoms with Gasteiger partial charge in [0, 0.05) is 19.5 Å². The molecule has 0 radical (unpaired) electrons. The molecule has 0 aromatic carbocycles. The minimum Gasteiger partial charge on any atom is -0.387 e. The zero-order valence-corrected chi connectivity index (χ0v) is 11.6. The van der Waals surface area contributed by atoms with Gasteiger partial charge in [0.2, 0.25) is 5.91 Å². The topological polar surface area (TPSA) is 52.6 Å². The molecule has 4 heteroatoms. The van der Waals surface area contributed by atoms with E-state index in [0.717, 1.165) is 44.6 Å². The van der Waals surface area contributed by atoms with Crippen LogP contribution in [0.1, 0.15) is 39.0 Å². The number of rotatable bonds is 3. The number of nitrogens with zero attached hydrogens (tertiary/aromatic N) is 1. The van der Waals surface area contributed by atoms with E-state index in [1.54, 1.807) is 4.90 Å². The molecule has 0 bridgehead atoms. The summed E-state index contributed by atoms with van der Waals surface area (Å²) in [6.07, 6.45) is 5.10. The van der Waals surface area contributed by atoms with Crippen molar-refractivity contribution < 1.29 is 9.90 Å². The van der Waals surface area contributed by atoms with E-state index in [-0.39, 0.29) is 11.8 Å². The van der Waals surface area contributed by atoms with Crippen LogP contribution in [0.15, 0.2) is 0 Å². The first-order valence-electron chi connectivity index (χ1n) is 7.18. The third kappa shape index (κ3) is 3.23. The van der Waals surface area contributed by atoms with Crippen LogP contribution in [0.25, 0.3) is 0 Å². The summed E-state index contributed by atoms with van der Waals surface area (Å²) in [6, 6.07) is 0. The third-order valence-corrected chi connectivity index (χ3v) is 4.49. The predicted molar refractivity (Wildman–Crippen MR) is 71.2 cm³/mol. The van der Waals surface area contributed by atoms with Crippen molar-refractivity contribution >= 4 is 5.91 Å². The lowest BCUT2D eigenvalue weighted by atomic mass is 9.82. The van der Waals surface area contributed by atoms with E-state index in [9.17, 15) is 9.90 Å². The fraction of sp³-hybridized carbons (Fsp3) is 0.929. The van der Waals surface area contributed by atoms with Crippen LogP contribution in [0, 0.1) is 11.8 Å². The minimum absolute atomic E-state index is 0.184. The molecular formula is C14H26N2O2. The van der Waals surface area contributed by atoms with E-state index < -0.39 is 5.60 Å². The number of carbonyl (C=O) groups excluding carboxylic acids is 1. The van der Waals surface area contributed by atoms with Gasteiger partial charge in [-0.05, 0) is 44.6 Å². The fourth-order valence-corrected chi connectivity index (χ4v) is 3.20. The summed E-state index contributed by atoms with van der Waals surface area (Å²) in [4.78, 5) is 14.1. The Morgan fingerprint density at radius 1 is 1.39 bits per heavy atom. The second kappa shape index (κ2) is 5.57. The summed E-state index contributed by atoms with van der Waals surface area (Å²) >= 11 is 0. The SMILES string of the molecule is CC1CCC(C(=O)N(C)CC2(O)CCNC2)CC1. The summed E-state index contributed by atoms with van der Waals surface area (Å²) < 4.78 is 0. The lowest BCUT2D eigenvalue weighted by molar-refractivity contribution is -0.138. The zero-order chi connectivity index (χ0) is 13.2. The van der Waals surface area contributed by atoms with Crippen LogP contribution >= 0.6 is 0 Å². The highest BCUT2D eigenvalue weighted by atomic mass is 16.3. The smallest absolute Gasteiger partial charge is 0.225 e. The van der Waals surface area contributed by atoms with E-state index in [2.05, 4.69) is 12.2 Å². The van der Waals surface area contributed by atoms with Gasteiger partial charge in [0.15, 0.2) is 0 Å².